The Morgan fingerprint density at radius 1 is 1.60 bits per heavy atom. The Hall–Kier alpha value is -1.09. The van der Waals surface area contributed by atoms with Crippen LogP contribution in [0.2, 0.25) is 5.15 Å². The van der Waals surface area contributed by atoms with E-state index in [1.54, 1.807) is 18.2 Å². The van der Waals surface area contributed by atoms with E-state index in [1.165, 1.54) is 0 Å². The maximum absolute atomic E-state index is 11.7. The Balaban J connectivity index is 2.03. The topological polar surface area (TPSA) is 42.0 Å². The lowest BCUT2D eigenvalue weighted by atomic mass is 10.2. The third-order valence-corrected chi connectivity index (χ3v) is 2.98. The molecule has 4 heteroatoms. The summed E-state index contributed by atoms with van der Waals surface area (Å²) in [6, 6.07) is 5.31. The lowest BCUT2D eigenvalue weighted by Gasteiger charge is -2.06. The van der Waals surface area contributed by atoms with E-state index in [-0.39, 0.29) is 17.4 Å². The smallest absolute Gasteiger partial charge is 0.270 e. The fourth-order valence-corrected chi connectivity index (χ4v) is 1.64. The number of nitrogens with zero attached hydrogens (tertiary/aromatic N) is 1. The number of nitrogens with one attached hydrogen (secondary N) is 1. The van der Waals surface area contributed by atoms with Gasteiger partial charge in [0.1, 0.15) is 10.8 Å². The number of pyridine rings is 1. The van der Waals surface area contributed by atoms with Crippen molar-refractivity contribution in [1.29, 1.82) is 0 Å². The van der Waals surface area contributed by atoms with Gasteiger partial charge in [-0.2, -0.15) is 0 Å². The number of halogens is 1. The number of amides is 1. The molecule has 1 aromatic heterocycles. The van der Waals surface area contributed by atoms with Crippen molar-refractivity contribution in [3.63, 3.8) is 0 Å². The molecule has 0 aliphatic heterocycles. The van der Waals surface area contributed by atoms with E-state index in [4.69, 9.17) is 11.6 Å². The SMILES string of the molecule is CC1(C)CC1NC(=O)c1cccc(Cl)n1. The lowest BCUT2D eigenvalue weighted by molar-refractivity contribution is 0.0941. The molecule has 1 heterocycles. The molecule has 80 valence electrons. The molecule has 1 atom stereocenters. The van der Waals surface area contributed by atoms with Crippen molar-refractivity contribution < 1.29 is 4.79 Å². The lowest BCUT2D eigenvalue weighted by Crippen LogP contribution is -2.29. The summed E-state index contributed by atoms with van der Waals surface area (Å²) in [4.78, 5) is 15.7. The molecule has 15 heavy (non-hydrogen) atoms. The van der Waals surface area contributed by atoms with Crippen LogP contribution in [-0.4, -0.2) is 16.9 Å². The molecule has 0 spiro atoms. The predicted octanol–water partition coefficient (Wildman–Crippen LogP) is 2.26. The summed E-state index contributed by atoms with van der Waals surface area (Å²) < 4.78 is 0. The highest BCUT2D eigenvalue weighted by Crippen LogP contribution is 2.44. The third kappa shape index (κ3) is 2.29. The van der Waals surface area contributed by atoms with E-state index in [1.807, 2.05) is 0 Å². The summed E-state index contributed by atoms with van der Waals surface area (Å²) in [6.07, 6.45) is 1.03. The summed E-state index contributed by atoms with van der Waals surface area (Å²) in [5, 5.41) is 3.27. The second kappa shape index (κ2) is 3.49. The Kier molecular flexibility index (Phi) is 2.43. The van der Waals surface area contributed by atoms with Crippen LogP contribution in [0.3, 0.4) is 0 Å². The molecule has 0 saturated heterocycles. The second-order valence-electron chi connectivity index (χ2n) is 4.56. The van der Waals surface area contributed by atoms with Gasteiger partial charge in [0.05, 0.1) is 0 Å². The first-order chi connectivity index (χ1) is 6.99. The molecule has 1 amide bonds. The van der Waals surface area contributed by atoms with Crippen LogP contribution < -0.4 is 5.32 Å². The molecular formula is C11H13ClN2O. The van der Waals surface area contributed by atoms with Crippen molar-refractivity contribution in [3.05, 3.63) is 29.0 Å². The highest BCUT2D eigenvalue weighted by atomic mass is 35.5. The van der Waals surface area contributed by atoms with Gasteiger partial charge < -0.3 is 5.32 Å². The minimum atomic E-state index is -0.145. The fraction of sp³-hybridized carbons (Fsp3) is 0.455. The maximum atomic E-state index is 11.7. The Morgan fingerprint density at radius 3 is 2.80 bits per heavy atom. The van der Waals surface area contributed by atoms with Crippen LogP contribution in [-0.2, 0) is 0 Å². The van der Waals surface area contributed by atoms with Gasteiger partial charge in [-0.05, 0) is 24.0 Å². The number of carbonyl (C=O) groups is 1. The summed E-state index contributed by atoms with van der Waals surface area (Å²) in [5.74, 6) is -0.145. The van der Waals surface area contributed by atoms with Crippen LogP contribution in [0.1, 0.15) is 30.8 Å². The van der Waals surface area contributed by atoms with Crippen LogP contribution >= 0.6 is 11.6 Å². The van der Waals surface area contributed by atoms with Gasteiger partial charge in [-0.15, -0.1) is 0 Å². The second-order valence-corrected chi connectivity index (χ2v) is 4.95. The van der Waals surface area contributed by atoms with E-state index in [0.29, 0.717) is 10.8 Å². The van der Waals surface area contributed by atoms with E-state index in [9.17, 15) is 4.79 Å². The largest absolute Gasteiger partial charge is 0.347 e. The zero-order chi connectivity index (χ0) is 11.1. The quantitative estimate of drug-likeness (QED) is 0.783. The molecule has 1 aromatic rings. The van der Waals surface area contributed by atoms with Gasteiger partial charge >= 0.3 is 0 Å². The van der Waals surface area contributed by atoms with Gasteiger partial charge in [-0.25, -0.2) is 4.98 Å². The Labute approximate surface area is 93.8 Å². The highest BCUT2D eigenvalue weighted by molar-refractivity contribution is 6.29. The fourth-order valence-electron chi connectivity index (χ4n) is 1.48. The van der Waals surface area contributed by atoms with E-state index in [2.05, 4.69) is 24.1 Å². The van der Waals surface area contributed by atoms with Crippen molar-refractivity contribution in [3.8, 4) is 0 Å². The minimum Gasteiger partial charge on any atom is -0.347 e. The molecule has 1 aliphatic carbocycles. The van der Waals surface area contributed by atoms with Crippen LogP contribution in [0.4, 0.5) is 0 Å². The summed E-state index contributed by atoms with van der Waals surface area (Å²) in [6.45, 7) is 4.26. The van der Waals surface area contributed by atoms with E-state index < -0.39 is 0 Å². The first kappa shape index (κ1) is 10.4. The summed E-state index contributed by atoms with van der Waals surface area (Å²) in [7, 11) is 0. The molecule has 2 rings (SSSR count). The summed E-state index contributed by atoms with van der Waals surface area (Å²) >= 11 is 5.71. The number of rotatable bonds is 2. The Morgan fingerprint density at radius 2 is 2.27 bits per heavy atom. The third-order valence-electron chi connectivity index (χ3n) is 2.77. The van der Waals surface area contributed by atoms with Gasteiger partial charge in [-0.1, -0.05) is 31.5 Å². The molecular weight excluding hydrogens is 212 g/mol. The van der Waals surface area contributed by atoms with Gasteiger partial charge in [0.15, 0.2) is 0 Å². The molecule has 1 N–H and O–H groups in total. The van der Waals surface area contributed by atoms with Gasteiger partial charge in [0, 0.05) is 6.04 Å². The van der Waals surface area contributed by atoms with Crippen molar-refractivity contribution in [2.24, 2.45) is 5.41 Å². The maximum Gasteiger partial charge on any atom is 0.270 e. The zero-order valence-corrected chi connectivity index (χ0v) is 9.51. The standard InChI is InChI=1S/C11H13ClN2O/c1-11(2)6-8(11)14-10(15)7-4-3-5-9(12)13-7/h3-5,8H,6H2,1-2H3,(H,14,15). The predicted molar refractivity (Wildman–Crippen MR) is 58.9 cm³/mol. The minimum absolute atomic E-state index is 0.145. The van der Waals surface area contributed by atoms with Crippen molar-refractivity contribution in [1.82, 2.24) is 10.3 Å². The summed E-state index contributed by atoms with van der Waals surface area (Å²) in [5.41, 5.74) is 0.610. The average Bonchev–Trinajstić information content (AvgIpc) is 2.73. The Bertz CT molecular complexity index is 403. The van der Waals surface area contributed by atoms with E-state index >= 15 is 0 Å². The van der Waals surface area contributed by atoms with E-state index in [0.717, 1.165) is 6.42 Å². The molecule has 1 fully saturated rings. The van der Waals surface area contributed by atoms with Gasteiger partial charge in [0.2, 0.25) is 0 Å². The van der Waals surface area contributed by atoms with Crippen molar-refractivity contribution in [2.45, 2.75) is 26.3 Å². The van der Waals surface area contributed by atoms with Crippen molar-refractivity contribution in [2.75, 3.05) is 0 Å². The molecule has 1 aliphatic rings. The zero-order valence-electron chi connectivity index (χ0n) is 8.75. The highest BCUT2D eigenvalue weighted by Gasteiger charge is 2.46. The first-order valence-electron chi connectivity index (χ1n) is 4.92. The number of aromatic nitrogens is 1. The molecule has 3 nitrogen and oxygen atoms in total. The van der Waals surface area contributed by atoms with Gasteiger partial charge in [-0.3, -0.25) is 4.79 Å². The van der Waals surface area contributed by atoms with Crippen LogP contribution in [0.15, 0.2) is 18.2 Å². The molecule has 1 unspecified atom stereocenters. The van der Waals surface area contributed by atoms with Crippen LogP contribution in [0, 0.1) is 5.41 Å². The van der Waals surface area contributed by atoms with Gasteiger partial charge in [0.25, 0.3) is 5.91 Å². The van der Waals surface area contributed by atoms with Crippen LogP contribution in [0.5, 0.6) is 0 Å². The normalized spacial score (nSPS) is 22.2. The molecule has 0 aromatic carbocycles. The number of hydrogen-bond acceptors (Lipinski definition) is 2. The monoisotopic (exact) mass is 224 g/mol. The number of carbonyl (C=O) groups excluding carboxylic acids is 1. The first-order valence-corrected chi connectivity index (χ1v) is 5.30. The van der Waals surface area contributed by atoms with Crippen LogP contribution in [0.25, 0.3) is 0 Å². The molecule has 1 saturated carbocycles. The molecule has 0 bridgehead atoms. The average molecular weight is 225 g/mol. The molecule has 0 radical (unpaired) electrons. The number of hydrogen-bond donors (Lipinski definition) is 1. The van der Waals surface area contributed by atoms with Crippen molar-refractivity contribution >= 4 is 17.5 Å².